The maximum atomic E-state index is 13.0. The molecule has 0 aliphatic heterocycles. The van der Waals surface area contributed by atoms with Crippen LogP contribution >= 0.6 is 0 Å². The Morgan fingerprint density at radius 2 is 0.487 bits per heavy atom. The van der Waals surface area contributed by atoms with E-state index in [0.717, 1.165) is 89.9 Å². The van der Waals surface area contributed by atoms with Crippen molar-refractivity contribution in [2.75, 3.05) is 13.2 Å². The predicted octanol–water partition coefficient (Wildman–Crippen LogP) is 24.5. The molecule has 1 unspecified atom stereocenters. The number of allylic oxidation sites excluding steroid dienone is 8. The van der Waals surface area contributed by atoms with Gasteiger partial charge >= 0.3 is 17.9 Å². The van der Waals surface area contributed by atoms with Gasteiger partial charge in [-0.1, -0.05) is 358 Å². The summed E-state index contributed by atoms with van der Waals surface area (Å²) in [5, 5.41) is 0. The van der Waals surface area contributed by atoms with Gasteiger partial charge in [0.15, 0.2) is 6.10 Å². The van der Waals surface area contributed by atoms with E-state index in [1.54, 1.807) is 0 Å². The summed E-state index contributed by atoms with van der Waals surface area (Å²) in [4.78, 5) is 38.5. The fourth-order valence-corrected chi connectivity index (χ4v) is 10.8. The first-order chi connectivity index (χ1) is 39.5. The number of rotatable bonds is 66. The molecule has 0 heterocycles. The number of esters is 3. The van der Waals surface area contributed by atoms with Gasteiger partial charge in [-0.15, -0.1) is 0 Å². The Bertz CT molecular complexity index is 1380. The highest BCUT2D eigenvalue weighted by molar-refractivity contribution is 5.71. The van der Waals surface area contributed by atoms with E-state index in [0.29, 0.717) is 19.3 Å². The largest absolute Gasteiger partial charge is 0.462 e. The third-order valence-corrected chi connectivity index (χ3v) is 16.1. The molecule has 0 aromatic carbocycles. The number of carbonyl (C=O) groups excluding carboxylic acids is 3. The molecule has 0 aromatic rings. The van der Waals surface area contributed by atoms with Crippen LogP contribution in [0, 0.1) is 0 Å². The normalized spacial score (nSPS) is 12.3. The number of carbonyl (C=O) groups is 3. The third kappa shape index (κ3) is 66.2. The number of hydrogen-bond donors (Lipinski definition) is 0. The van der Waals surface area contributed by atoms with Gasteiger partial charge in [0.25, 0.3) is 0 Å². The molecular formula is C74H136O6. The second kappa shape index (κ2) is 68.9. The molecule has 468 valence electrons. The standard InChI is InChI=1S/C74H136O6/c1-4-7-10-13-16-19-22-25-28-31-34-36-37-39-40-43-46-49-52-55-58-61-64-67-73(76)79-70-71(69-78-72(75)66-63-60-57-54-51-48-45-42-33-30-27-24-21-18-15-12-9-6-3)80-74(77)68-65-62-59-56-53-50-47-44-41-38-35-32-29-26-23-20-17-14-11-8-5-2/h8,11,17,20,26,29,35,38,71H,4-7,9-10,12-16,18-19,21-25,27-28,30-34,36-37,39-70H2,1-3H3/b11-8-,20-17-,29-26-,38-35-. The Hall–Kier alpha value is -2.63. The van der Waals surface area contributed by atoms with Crippen LogP contribution in [0.2, 0.25) is 0 Å². The lowest BCUT2D eigenvalue weighted by molar-refractivity contribution is -0.167. The van der Waals surface area contributed by atoms with E-state index in [-0.39, 0.29) is 31.1 Å². The Labute approximate surface area is 498 Å². The van der Waals surface area contributed by atoms with E-state index < -0.39 is 6.10 Å². The molecule has 0 saturated heterocycles. The highest BCUT2D eigenvalue weighted by Gasteiger charge is 2.19. The van der Waals surface area contributed by atoms with Gasteiger partial charge < -0.3 is 14.2 Å². The van der Waals surface area contributed by atoms with Crippen molar-refractivity contribution in [3.8, 4) is 0 Å². The highest BCUT2D eigenvalue weighted by Crippen LogP contribution is 2.19. The summed E-state index contributed by atoms with van der Waals surface area (Å²) in [6.07, 6.45) is 87.1. The molecule has 0 amide bonds. The van der Waals surface area contributed by atoms with Crippen LogP contribution < -0.4 is 0 Å². The van der Waals surface area contributed by atoms with Crippen LogP contribution in [0.4, 0.5) is 0 Å². The van der Waals surface area contributed by atoms with Crippen LogP contribution in [0.25, 0.3) is 0 Å². The summed E-state index contributed by atoms with van der Waals surface area (Å²) in [6.45, 7) is 6.60. The summed E-state index contributed by atoms with van der Waals surface area (Å²) < 4.78 is 17.0. The zero-order valence-corrected chi connectivity index (χ0v) is 53.9. The minimum atomic E-state index is -0.776. The van der Waals surface area contributed by atoms with E-state index in [1.165, 1.54) is 257 Å². The van der Waals surface area contributed by atoms with Crippen molar-refractivity contribution in [3.05, 3.63) is 48.6 Å². The lowest BCUT2D eigenvalue weighted by Gasteiger charge is -2.18. The molecular weight excluding hydrogens is 985 g/mol. The van der Waals surface area contributed by atoms with Gasteiger partial charge in [0, 0.05) is 19.3 Å². The molecule has 0 aromatic heterocycles. The van der Waals surface area contributed by atoms with E-state index >= 15 is 0 Å². The average molecular weight is 1120 g/mol. The Morgan fingerprint density at radius 1 is 0.263 bits per heavy atom. The first-order valence-corrected chi connectivity index (χ1v) is 35.6. The first-order valence-electron chi connectivity index (χ1n) is 35.6. The van der Waals surface area contributed by atoms with Gasteiger partial charge in [-0.05, 0) is 57.8 Å². The topological polar surface area (TPSA) is 78.9 Å². The Morgan fingerprint density at radius 3 is 0.762 bits per heavy atom. The van der Waals surface area contributed by atoms with Crippen molar-refractivity contribution in [3.63, 3.8) is 0 Å². The van der Waals surface area contributed by atoms with Crippen molar-refractivity contribution in [2.24, 2.45) is 0 Å². The SMILES string of the molecule is CC/C=C\C/C=C\C/C=C\C/C=C\CCCCCCCCCCC(=O)OC(COC(=O)CCCCCCCCCCCCCCCCCCCC)COC(=O)CCCCCCCCCCCCCCCCCCCCCCCCC. The first kappa shape index (κ1) is 77.4. The molecule has 80 heavy (non-hydrogen) atoms. The minimum absolute atomic E-state index is 0.0707. The summed E-state index contributed by atoms with van der Waals surface area (Å²) in [5.74, 6) is -0.848. The lowest BCUT2D eigenvalue weighted by atomic mass is 10.0. The summed E-state index contributed by atoms with van der Waals surface area (Å²) in [7, 11) is 0. The maximum absolute atomic E-state index is 13.0. The lowest BCUT2D eigenvalue weighted by Crippen LogP contribution is -2.30. The molecule has 0 aliphatic carbocycles. The summed E-state index contributed by atoms with van der Waals surface area (Å²) in [6, 6.07) is 0. The van der Waals surface area contributed by atoms with E-state index in [1.807, 2.05) is 0 Å². The van der Waals surface area contributed by atoms with Crippen molar-refractivity contribution in [1.29, 1.82) is 0 Å². The van der Waals surface area contributed by atoms with Crippen molar-refractivity contribution < 1.29 is 28.6 Å². The van der Waals surface area contributed by atoms with Crippen molar-refractivity contribution in [2.45, 2.75) is 393 Å². The number of ether oxygens (including phenoxy) is 3. The smallest absolute Gasteiger partial charge is 0.306 e. The minimum Gasteiger partial charge on any atom is -0.462 e. The molecule has 0 bridgehead atoms. The predicted molar refractivity (Wildman–Crippen MR) is 349 cm³/mol. The van der Waals surface area contributed by atoms with Crippen LogP contribution in [0.3, 0.4) is 0 Å². The zero-order valence-electron chi connectivity index (χ0n) is 53.9. The van der Waals surface area contributed by atoms with Gasteiger partial charge in [0.2, 0.25) is 0 Å². The van der Waals surface area contributed by atoms with Gasteiger partial charge in [0.05, 0.1) is 0 Å². The highest BCUT2D eigenvalue weighted by atomic mass is 16.6. The summed E-state index contributed by atoms with van der Waals surface area (Å²) >= 11 is 0. The second-order valence-electron chi connectivity index (χ2n) is 24.1. The Balaban J connectivity index is 4.31. The molecule has 0 rings (SSSR count). The monoisotopic (exact) mass is 1120 g/mol. The second-order valence-corrected chi connectivity index (χ2v) is 24.1. The van der Waals surface area contributed by atoms with Gasteiger partial charge in [0.1, 0.15) is 13.2 Å². The van der Waals surface area contributed by atoms with Gasteiger partial charge in [-0.2, -0.15) is 0 Å². The van der Waals surface area contributed by atoms with Gasteiger partial charge in [-0.25, -0.2) is 0 Å². The Kier molecular flexibility index (Phi) is 66.6. The molecule has 6 heteroatoms. The van der Waals surface area contributed by atoms with Crippen LogP contribution in [0.5, 0.6) is 0 Å². The fourth-order valence-electron chi connectivity index (χ4n) is 10.8. The van der Waals surface area contributed by atoms with Crippen LogP contribution in [-0.4, -0.2) is 37.2 Å². The molecule has 6 nitrogen and oxygen atoms in total. The van der Waals surface area contributed by atoms with Crippen molar-refractivity contribution in [1.82, 2.24) is 0 Å². The molecule has 0 fully saturated rings. The quantitative estimate of drug-likeness (QED) is 0.0261. The fraction of sp³-hybridized carbons (Fsp3) is 0.851. The van der Waals surface area contributed by atoms with Crippen molar-refractivity contribution >= 4 is 17.9 Å². The zero-order chi connectivity index (χ0) is 57.8. The van der Waals surface area contributed by atoms with Crippen LogP contribution in [-0.2, 0) is 28.6 Å². The number of unbranched alkanes of at least 4 members (excludes halogenated alkanes) is 47. The third-order valence-electron chi connectivity index (χ3n) is 16.1. The molecule has 0 radical (unpaired) electrons. The molecule has 1 atom stereocenters. The summed E-state index contributed by atoms with van der Waals surface area (Å²) in [5.41, 5.74) is 0. The van der Waals surface area contributed by atoms with E-state index in [2.05, 4.69) is 69.4 Å². The van der Waals surface area contributed by atoms with Crippen LogP contribution in [0.15, 0.2) is 48.6 Å². The molecule has 0 N–H and O–H groups in total. The molecule has 0 saturated carbocycles. The molecule has 0 spiro atoms. The number of hydrogen-bond acceptors (Lipinski definition) is 6. The average Bonchev–Trinajstić information content (AvgIpc) is 3.46. The van der Waals surface area contributed by atoms with E-state index in [4.69, 9.17) is 14.2 Å². The molecule has 0 aliphatic rings. The maximum Gasteiger partial charge on any atom is 0.306 e. The van der Waals surface area contributed by atoms with Gasteiger partial charge in [-0.3, -0.25) is 14.4 Å². The van der Waals surface area contributed by atoms with E-state index in [9.17, 15) is 14.4 Å². The van der Waals surface area contributed by atoms with Crippen LogP contribution in [0.1, 0.15) is 387 Å².